The van der Waals surface area contributed by atoms with Crippen molar-refractivity contribution in [3.8, 4) is 11.5 Å². The van der Waals surface area contributed by atoms with Crippen molar-refractivity contribution in [1.82, 2.24) is 0 Å². The zero-order chi connectivity index (χ0) is 18.6. The Morgan fingerprint density at radius 2 is 1.77 bits per heavy atom. The van der Waals surface area contributed by atoms with E-state index in [2.05, 4.69) is 4.72 Å². The molecule has 0 aliphatic heterocycles. The Bertz CT molecular complexity index is 841. The first-order chi connectivity index (χ1) is 12.5. The van der Waals surface area contributed by atoms with Gasteiger partial charge in [-0.3, -0.25) is 4.72 Å². The number of ether oxygens (including phenoxy) is 2. The van der Waals surface area contributed by atoms with Crippen molar-refractivity contribution >= 4 is 15.7 Å². The van der Waals surface area contributed by atoms with Gasteiger partial charge >= 0.3 is 0 Å². The van der Waals surface area contributed by atoms with Gasteiger partial charge in [-0.2, -0.15) is 0 Å². The summed E-state index contributed by atoms with van der Waals surface area (Å²) in [4.78, 5) is 0.224. The molecule has 2 aromatic carbocycles. The Kier molecular flexibility index (Phi) is 5.71. The second-order valence-electron chi connectivity index (χ2n) is 6.48. The van der Waals surface area contributed by atoms with Crippen LogP contribution >= 0.6 is 0 Å². The van der Waals surface area contributed by atoms with Crippen LogP contribution < -0.4 is 14.2 Å². The average Bonchev–Trinajstić information content (AvgIpc) is 3.15. The molecule has 1 aliphatic carbocycles. The number of benzene rings is 2. The van der Waals surface area contributed by atoms with Crippen LogP contribution in [-0.2, 0) is 16.4 Å². The van der Waals surface area contributed by atoms with E-state index in [1.807, 2.05) is 19.1 Å². The van der Waals surface area contributed by atoms with Gasteiger partial charge < -0.3 is 9.47 Å². The lowest BCUT2D eigenvalue weighted by molar-refractivity contribution is 0.210. The maximum absolute atomic E-state index is 12.6. The van der Waals surface area contributed by atoms with Crippen molar-refractivity contribution in [2.75, 3.05) is 11.8 Å². The van der Waals surface area contributed by atoms with Crippen LogP contribution in [0.1, 0.15) is 38.2 Å². The fourth-order valence-electron chi connectivity index (χ4n) is 3.21. The first-order valence-corrected chi connectivity index (χ1v) is 10.5. The molecular weight excluding hydrogens is 350 g/mol. The van der Waals surface area contributed by atoms with E-state index in [4.69, 9.17) is 9.47 Å². The zero-order valence-electron chi connectivity index (χ0n) is 15.2. The standard InChI is InChI=1S/C20H25NO4S/c1-3-15-14-19(12-13-20(15)24-2)26(22,23)21-16-8-10-18(11-9-16)25-17-6-4-5-7-17/h8-14,17,21H,3-7H2,1-2H3. The highest BCUT2D eigenvalue weighted by Gasteiger charge is 2.18. The molecule has 0 saturated heterocycles. The lowest BCUT2D eigenvalue weighted by Gasteiger charge is -2.14. The molecule has 2 aromatic rings. The monoisotopic (exact) mass is 375 g/mol. The molecule has 0 aromatic heterocycles. The van der Waals surface area contributed by atoms with E-state index in [9.17, 15) is 8.42 Å². The van der Waals surface area contributed by atoms with Crippen LogP contribution in [0.25, 0.3) is 0 Å². The quantitative estimate of drug-likeness (QED) is 0.780. The van der Waals surface area contributed by atoms with Crippen molar-refractivity contribution in [3.63, 3.8) is 0 Å². The molecule has 0 spiro atoms. The summed E-state index contributed by atoms with van der Waals surface area (Å²) >= 11 is 0. The Morgan fingerprint density at radius 1 is 1.08 bits per heavy atom. The lowest BCUT2D eigenvalue weighted by Crippen LogP contribution is -2.14. The average molecular weight is 375 g/mol. The van der Waals surface area contributed by atoms with Gasteiger partial charge in [-0.25, -0.2) is 8.42 Å². The van der Waals surface area contributed by atoms with E-state index in [1.54, 1.807) is 37.4 Å². The smallest absolute Gasteiger partial charge is 0.261 e. The van der Waals surface area contributed by atoms with E-state index >= 15 is 0 Å². The summed E-state index contributed by atoms with van der Waals surface area (Å²) in [7, 11) is -2.07. The molecule has 0 unspecified atom stereocenters. The fourth-order valence-corrected chi connectivity index (χ4v) is 4.32. The third kappa shape index (κ3) is 4.30. The van der Waals surface area contributed by atoms with E-state index in [1.165, 1.54) is 12.8 Å². The summed E-state index contributed by atoms with van der Waals surface area (Å²) in [5, 5.41) is 0. The molecule has 1 saturated carbocycles. The molecule has 5 nitrogen and oxygen atoms in total. The van der Waals surface area contributed by atoms with Crippen LogP contribution in [0, 0.1) is 0 Å². The molecule has 6 heteroatoms. The van der Waals surface area contributed by atoms with Gasteiger partial charge in [0.25, 0.3) is 10.0 Å². The molecule has 1 N–H and O–H groups in total. The van der Waals surface area contributed by atoms with Crippen LogP contribution in [-0.4, -0.2) is 21.6 Å². The third-order valence-corrected chi connectivity index (χ3v) is 6.03. The molecule has 0 radical (unpaired) electrons. The van der Waals surface area contributed by atoms with Gasteiger partial charge in [0.15, 0.2) is 0 Å². The van der Waals surface area contributed by atoms with E-state index in [0.717, 1.165) is 24.2 Å². The Labute approximate surface area is 155 Å². The number of sulfonamides is 1. The molecule has 140 valence electrons. The molecule has 0 amide bonds. The number of nitrogens with one attached hydrogen (secondary N) is 1. The topological polar surface area (TPSA) is 64.6 Å². The van der Waals surface area contributed by atoms with Crippen LogP contribution in [0.5, 0.6) is 11.5 Å². The van der Waals surface area contributed by atoms with E-state index < -0.39 is 10.0 Å². The Hall–Kier alpha value is -2.21. The minimum atomic E-state index is -3.65. The number of aryl methyl sites for hydroxylation is 1. The van der Waals surface area contributed by atoms with Gasteiger partial charge in [0.1, 0.15) is 11.5 Å². The van der Waals surface area contributed by atoms with Crippen molar-refractivity contribution in [2.45, 2.75) is 50.0 Å². The van der Waals surface area contributed by atoms with Crippen molar-refractivity contribution < 1.29 is 17.9 Å². The highest BCUT2D eigenvalue weighted by molar-refractivity contribution is 7.92. The number of rotatable bonds is 7. The molecule has 0 heterocycles. The normalized spacial score (nSPS) is 15.0. The van der Waals surface area contributed by atoms with Crippen molar-refractivity contribution in [3.05, 3.63) is 48.0 Å². The molecule has 1 aliphatic rings. The number of hydrogen-bond donors (Lipinski definition) is 1. The predicted molar refractivity (Wildman–Crippen MR) is 103 cm³/mol. The summed E-state index contributed by atoms with van der Waals surface area (Å²) < 4.78 is 39.1. The highest BCUT2D eigenvalue weighted by atomic mass is 32.2. The van der Waals surface area contributed by atoms with Gasteiger partial charge in [0, 0.05) is 5.69 Å². The van der Waals surface area contributed by atoms with Crippen LogP contribution in [0.3, 0.4) is 0 Å². The van der Waals surface area contributed by atoms with E-state index in [0.29, 0.717) is 17.9 Å². The van der Waals surface area contributed by atoms with Crippen LogP contribution in [0.15, 0.2) is 47.4 Å². The van der Waals surface area contributed by atoms with Gasteiger partial charge in [-0.05, 0) is 80.1 Å². The fraction of sp³-hybridized carbons (Fsp3) is 0.400. The molecule has 1 fully saturated rings. The zero-order valence-corrected chi connectivity index (χ0v) is 16.0. The predicted octanol–water partition coefficient (Wildman–Crippen LogP) is 4.38. The molecular formula is C20H25NO4S. The molecule has 0 bridgehead atoms. The lowest BCUT2D eigenvalue weighted by atomic mass is 10.1. The summed E-state index contributed by atoms with van der Waals surface area (Å²) in [5.74, 6) is 1.47. The summed E-state index contributed by atoms with van der Waals surface area (Å²) in [6.07, 6.45) is 5.58. The summed E-state index contributed by atoms with van der Waals surface area (Å²) in [5.41, 5.74) is 1.37. The largest absolute Gasteiger partial charge is 0.496 e. The summed E-state index contributed by atoms with van der Waals surface area (Å²) in [6, 6.07) is 12.0. The maximum Gasteiger partial charge on any atom is 0.261 e. The van der Waals surface area contributed by atoms with Gasteiger partial charge in [-0.15, -0.1) is 0 Å². The van der Waals surface area contributed by atoms with Crippen LogP contribution in [0.4, 0.5) is 5.69 Å². The van der Waals surface area contributed by atoms with Gasteiger partial charge in [0.05, 0.1) is 18.1 Å². The minimum absolute atomic E-state index is 0.224. The Balaban J connectivity index is 1.72. The van der Waals surface area contributed by atoms with Gasteiger partial charge in [0.2, 0.25) is 0 Å². The van der Waals surface area contributed by atoms with Gasteiger partial charge in [-0.1, -0.05) is 6.92 Å². The SMILES string of the molecule is CCc1cc(S(=O)(=O)Nc2ccc(OC3CCCC3)cc2)ccc1OC. The second kappa shape index (κ2) is 7.99. The second-order valence-corrected chi connectivity index (χ2v) is 8.16. The highest BCUT2D eigenvalue weighted by Crippen LogP contribution is 2.27. The van der Waals surface area contributed by atoms with Crippen molar-refractivity contribution in [2.24, 2.45) is 0 Å². The first-order valence-electron chi connectivity index (χ1n) is 8.98. The Morgan fingerprint density at radius 3 is 2.38 bits per heavy atom. The number of hydrogen-bond acceptors (Lipinski definition) is 4. The van der Waals surface area contributed by atoms with E-state index in [-0.39, 0.29) is 11.0 Å². The van der Waals surface area contributed by atoms with Crippen molar-refractivity contribution in [1.29, 1.82) is 0 Å². The third-order valence-electron chi connectivity index (χ3n) is 4.65. The number of anilines is 1. The molecule has 26 heavy (non-hydrogen) atoms. The minimum Gasteiger partial charge on any atom is -0.496 e. The molecule has 0 atom stereocenters. The molecule has 3 rings (SSSR count). The summed E-state index contributed by atoms with van der Waals surface area (Å²) in [6.45, 7) is 1.96. The maximum atomic E-state index is 12.6. The first kappa shape index (κ1) is 18.6. The van der Waals surface area contributed by atoms with Crippen LogP contribution in [0.2, 0.25) is 0 Å². The number of methoxy groups -OCH3 is 1.